The average molecular weight is 295 g/mol. The van der Waals surface area contributed by atoms with E-state index in [4.69, 9.17) is 4.74 Å². The molecule has 0 fully saturated rings. The molecule has 0 spiro atoms. The van der Waals surface area contributed by atoms with Gasteiger partial charge < -0.3 is 10.1 Å². The highest BCUT2D eigenvalue weighted by Crippen LogP contribution is 2.41. The van der Waals surface area contributed by atoms with Crippen LogP contribution in [0.3, 0.4) is 0 Å². The van der Waals surface area contributed by atoms with E-state index in [9.17, 15) is 0 Å². The van der Waals surface area contributed by atoms with E-state index >= 15 is 0 Å². The number of ether oxygens (including phenoxy) is 1. The molecule has 0 bridgehead atoms. The molecule has 0 radical (unpaired) electrons. The highest BCUT2D eigenvalue weighted by atomic mass is 16.5. The molecule has 1 aliphatic heterocycles. The Labute approximate surface area is 133 Å². The molecule has 0 saturated heterocycles. The minimum atomic E-state index is -0.0881. The molecular formula is C20H25NO. The average Bonchev–Trinajstić information content (AvgIpc) is 2.53. The topological polar surface area (TPSA) is 21.3 Å². The van der Waals surface area contributed by atoms with Crippen molar-refractivity contribution in [2.24, 2.45) is 0 Å². The van der Waals surface area contributed by atoms with E-state index in [0.29, 0.717) is 6.04 Å². The van der Waals surface area contributed by atoms with Gasteiger partial charge in [-0.3, -0.25) is 0 Å². The number of rotatable bonds is 4. The fourth-order valence-corrected chi connectivity index (χ4v) is 3.10. The maximum atomic E-state index is 6.29. The van der Waals surface area contributed by atoms with Gasteiger partial charge in [-0.1, -0.05) is 49.4 Å². The third kappa shape index (κ3) is 3.17. The lowest BCUT2D eigenvalue weighted by atomic mass is 9.86. The zero-order valence-electron chi connectivity index (χ0n) is 13.7. The molecule has 1 heterocycles. The summed E-state index contributed by atoms with van der Waals surface area (Å²) in [6.45, 7) is 7.43. The van der Waals surface area contributed by atoms with Crippen LogP contribution in [-0.4, -0.2) is 5.60 Å². The third-order valence-electron chi connectivity index (χ3n) is 4.68. The van der Waals surface area contributed by atoms with Gasteiger partial charge in [-0.2, -0.15) is 0 Å². The van der Waals surface area contributed by atoms with Crippen molar-refractivity contribution in [3.63, 3.8) is 0 Å². The summed E-state index contributed by atoms with van der Waals surface area (Å²) in [5.74, 6) is 1.04. The van der Waals surface area contributed by atoms with Crippen LogP contribution >= 0.6 is 0 Å². The van der Waals surface area contributed by atoms with Gasteiger partial charge >= 0.3 is 0 Å². The Morgan fingerprint density at radius 2 is 1.95 bits per heavy atom. The van der Waals surface area contributed by atoms with E-state index in [0.717, 1.165) is 25.1 Å². The molecule has 0 aromatic heterocycles. The van der Waals surface area contributed by atoms with Gasteiger partial charge in [0.1, 0.15) is 11.4 Å². The largest absolute Gasteiger partial charge is 0.487 e. The normalized spacial score (nSPS) is 23.7. The summed E-state index contributed by atoms with van der Waals surface area (Å²) in [6.07, 6.45) is 2.02. The van der Waals surface area contributed by atoms with E-state index in [1.165, 1.54) is 16.7 Å². The Kier molecular flexibility index (Phi) is 4.21. The summed E-state index contributed by atoms with van der Waals surface area (Å²) < 4.78 is 6.29. The first-order valence-corrected chi connectivity index (χ1v) is 8.16. The van der Waals surface area contributed by atoms with Crippen molar-refractivity contribution in [3.05, 3.63) is 65.2 Å². The predicted molar refractivity (Wildman–Crippen MR) is 91.1 cm³/mol. The zero-order chi connectivity index (χ0) is 15.6. The molecule has 2 heteroatoms. The zero-order valence-corrected chi connectivity index (χ0v) is 13.7. The van der Waals surface area contributed by atoms with E-state index in [-0.39, 0.29) is 5.60 Å². The van der Waals surface area contributed by atoms with Crippen molar-refractivity contribution < 1.29 is 4.74 Å². The van der Waals surface area contributed by atoms with Crippen LogP contribution in [0.1, 0.15) is 49.4 Å². The molecule has 0 aliphatic carbocycles. The summed E-state index contributed by atoms with van der Waals surface area (Å²) in [4.78, 5) is 0. The van der Waals surface area contributed by atoms with Gasteiger partial charge in [-0.25, -0.2) is 0 Å². The molecule has 2 aromatic carbocycles. The van der Waals surface area contributed by atoms with Crippen molar-refractivity contribution in [2.75, 3.05) is 0 Å². The minimum Gasteiger partial charge on any atom is -0.487 e. The van der Waals surface area contributed by atoms with Gasteiger partial charge in [-0.05, 0) is 37.5 Å². The second-order valence-corrected chi connectivity index (χ2v) is 6.57. The maximum absolute atomic E-state index is 6.29. The second-order valence-electron chi connectivity index (χ2n) is 6.57. The van der Waals surface area contributed by atoms with E-state index in [1.54, 1.807) is 0 Å². The monoisotopic (exact) mass is 295 g/mol. The Hall–Kier alpha value is -1.80. The smallest absolute Gasteiger partial charge is 0.125 e. The molecule has 2 nitrogen and oxygen atoms in total. The van der Waals surface area contributed by atoms with Crippen LogP contribution in [0.2, 0.25) is 0 Å². The van der Waals surface area contributed by atoms with Gasteiger partial charge in [0.2, 0.25) is 0 Å². The van der Waals surface area contributed by atoms with Crippen LogP contribution in [0, 0.1) is 6.92 Å². The summed E-state index contributed by atoms with van der Waals surface area (Å²) in [5.41, 5.74) is 3.77. The van der Waals surface area contributed by atoms with Gasteiger partial charge in [0, 0.05) is 24.6 Å². The number of aryl methyl sites for hydroxylation is 1. The summed E-state index contributed by atoms with van der Waals surface area (Å²) in [7, 11) is 0. The van der Waals surface area contributed by atoms with Crippen LogP contribution in [0.25, 0.3) is 0 Å². The Morgan fingerprint density at radius 3 is 2.68 bits per heavy atom. The number of benzene rings is 2. The molecule has 2 unspecified atom stereocenters. The molecule has 2 aromatic rings. The van der Waals surface area contributed by atoms with Crippen LogP contribution < -0.4 is 10.1 Å². The first-order valence-electron chi connectivity index (χ1n) is 8.16. The molecule has 0 saturated carbocycles. The lowest BCUT2D eigenvalue weighted by molar-refractivity contribution is 0.0439. The molecule has 1 N–H and O–H groups in total. The molecular weight excluding hydrogens is 270 g/mol. The Bertz CT molecular complexity index is 637. The van der Waals surface area contributed by atoms with Gasteiger partial charge in [0.05, 0.1) is 0 Å². The van der Waals surface area contributed by atoms with Crippen LogP contribution in [0.5, 0.6) is 5.75 Å². The standard InChI is InChI=1S/C20H25NO/c1-4-20(3)13-18(21-14-16-8-6-5-7-9-16)17-11-10-15(2)12-19(17)22-20/h5-12,18,21H,4,13-14H2,1-3H3. The van der Waals surface area contributed by atoms with E-state index in [2.05, 4.69) is 74.6 Å². The predicted octanol–water partition coefficient (Wildman–Crippen LogP) is 4.78. The second kappa shape index (κ2) is 6.13. The number of hydrogen-bond donors (Lipinski definition) is 1. The molecule has 116 valence electrons. The maximum Gasteiger partial charge on any atom is 0.125 e. The van der Waals surface area contributed by atoms with Crippen molar-refractivity contribution in [1.29, 1.82) is 0 Å². The number of fused-ring (bicyclic) bond motifs is 1. The van der Waals surface area contributed by atoms with Gasteiger partial charge in [0.15, 0.2) is 0 Å². The minimum absolute atomic E-state index is 0.0881. The number of nitrogens with one attached hydrogen (secondary N) is 1. The van der Waals surface area contributed by atoms with Crippen LogP contribution in [-0.2, 0) is 6.54 Å². The lowest BCUT2D eigenvalue weighted by Gasteiger charge is -2.40. The highest BCUT2D eigenvalue weighted by Gasteiger charge is 2.35. The third-order valence-corrected chi connectivity index (χ3v) is 4.68. The van der Waals surface area contributed by atoms with Crippen molar-refractivity contribution in [1.82, 2.24) is 5.32 Å². The quantitative estimate of drug-likeness (QED) is 0.876. The molecule has 22 heavy (non-hydrogen) atoms. The van der Waals surface area contributed by atoms with Crippen molar-refractivity contribution in [3.8, 4) is 5.75 Å². The van der Waals surface area contributed by atoms with Crippen LogP contribution in [0.15, 0.2) is 48.5 Å². The number of hydrogen-bond acceptors (Lipinski definition) is 2. The van der Waals surface area contributed by atoms with Crippen molar-refractivity contribution >= 4 is 0 Å². The van der Waals surface area contributed by atoms with Crippen LogP contribution in [0.4, 0.5) is 0 Å². The van der Waals surface area contributed by atoms with E-state index < -0.39 is 0 Å². The van der Waals surface area contributed by atoms with E-state index in [1.807, 2.05) is 0 Å². The van der Waals surface area contributed by atoms with Gasteiger partial charge in [-0.15, -0.1) is 0 Å². The SMILES string of the molecule is CCC1(C)CC(NCc2ccccc2)c2ccc(C)cc2O1. The van der Waals surface area contributed by atoms with Crippen molar-refractivity contribution in [2.45, 2.75) is 51.8 Å². The Balaban J connectivity index is 1.83. The lowest BCUT2D eigenvalue weighted by Crippen LogP contribution is -2.41. The molecule has 3 rings (SSSR count). The first-order chi connectivity index (χ1) is 10.6. The molecule has 2 atom stereocenters. The Morgan fingerprint density at radius 1 is 1.18 bits per heavy atom. The molecule has 0 amide bonds. The summed E-state index contributed by atoms with van der Waals surface area (Å²) in [5, 5.41) is 3.72. The molecule has 1 aliphatic rings. The summed E-state index contributed by atoms with van der Waals surface area (Å²) in [6, 6.07) is 17.5. The van der Waals surface area contributed by atoms with Gasteiger partial charge in [0.25, 0.3) is 0 Å². The first kappa shape index (κ1) is 15.1. The fraction of sp³-hybridized carbons (Fsp3) is 0.400. The summed E-state index contributed by atoms with van der Waals surface area (Å²) >= 11 is 0. The fourth-order valence-electron chi connectivity index (χ4n) is 3.10. The highest BCUT2D eigenvalue weighted by molar-refractivity contribution is 5.41.